The summed E-state index contributed by atoms with van der Waals surface area (Å²) in [6.45, 7) is 3.61. The number of carbonyl (C=O) groups is 2. The molecule has 1 aromatic heterocycles. The summed E-state index contributed by atoms with van der Waals surface area (Å²) >= 11 is 13.1. The Hall–Kier alpha value is -1.56. The first-order valence-electron chi connectivity index (χ1n) is 6.92. The Labute approximate surface area is 148 Å². The molecule has 0 unspecified atom stereocenters. The number of hydrogen-bond acceptors (Lipinski definition) is 4. The molecule has 1 amide bonds. The van der Waals surface area contributed by atoms with Crippen molar-refractivity contribution in [2.45, 2.75) is 20.3 Å². The zero-order valence-electron chi connectivity index (χ0n) is 12.6. The van der Waals surface area contributed by atoms with Crippen molar-refractivity contribution in [3.63, 3.8) is 0 Å². The smallest absolute Gasteiger partial charge is 0.348 e. The van der Waals surface area contributed by atoms with Gasteiger partial charge in [-0.2, -0.15) is 0 Å². The Morgan fingerprint density at radius 3 is 2.57 bits per heavy atom. The zero-order chi connectivity index (χ0) is 17.0. The van der Waals surface area contributed by atoms with Gasteiger partial charge in [-0.05, 0) is 43.2 Å². The van der Waals surface area contributed by atoms with Gasteiger partial charge in [0.2, 0.25) is 0 Å². The largest absolute Gasteiger partial charge is 0.451 e. The standard InChI is InChI=1S/C16H15Cl2NO3S/c1-3-13-9(2)6-14(23-13)16(21)22-8-15(20)19-10-4-5-11(17)12(18)7-10/h4-7H,3,8H2,1-2H3,(H,19,20). The lowest BCUT2D eigenvalue weighted by atomic mass is 10.2. The van der Waals surface area contributed by atoms with Gasteiger partial charge >= 0.3 is 5.97 Å². The van der Waals surface area contributed by atoms with E-state index in [2.05, 4.69) is 5.32 Å². The molecule has 122 valence electrons. The van der Waals surface area contributed by atoms with E-state index in [4.69, 9.17) is 27.9 Å². The molecule has 0 fully saturated rings. The fourth-order valence-electron chi connectivity index (χ4n) is 1.94. The summed E-state index contributed by atoms with van der Waals surface area (Å²) in [6, 6.07) is 6.50. The van der Waals surface area contributed by atoms with Crippen LogP contribution in [0.1, 0.15) is 27.0 Å². The predicted octanol–water partition coefficient (Wildman–Crippen LogP) is 4.72. The molecule has 2 aromatic rings. The summed E-state index contributed by atoms with van der Waals surface area (Å²) in [7, 11) is 0. The number of hydrogen-bond donors (Lipinski definition) is 1. The van der Waals surface area contributed by atoms with Crippen LogP contribution in [0.15, 0.2) is 24.3 Å². The van der Waals surface area contributed by atoms with Gasteiger partial charge in [-0.25, -0.2) is 4.79 Å². The number of nitrogens with one attached hydrogen (secondary N) is 1. The van der Waals surface area contributed by atoms with Gasteiger partial charge in [0.15, 0.2) is 6.61 Å². The second-order valence-electron chi connectivity index (χ2n) is 4.82. The highest BCUT2D eigenvalue weighted by atomic mass is 35.5. The number of aryl methyl sites for hydroxylation is 2. The van der Waals surface area contributed by atoms with Crippen LogP contribution in [0, 0.1) is 6.92 Å². The van der Waals surface area contributed by atoms with Crippen LogP contribution in [0.3, 0.4) is 0 Å². The van der Waals surface area contributed by atoms with Crippen molar-refractivity contribution in [3.8, 4) is 0 Å². The van der Waals surface area contributed by atoms with Crippen LogP contribution >= 0.6 is 34.5 Å². The van der Waals surface area contributed by atoms with Crippen LogP contribution in [0.25, 0.3) is 0 Å². The van der Waals surface area contributed by atoms with E-state index in [1.807, 2.05) is 13.8 Å². The van der Waals surface area contributed by atoms with Crippen molar-refractivity contribution in [3.05, 3.63) is 49.6 Å². The van der Waals surface area contributed by atoms with Crippen LogP contribution in [0.4, 0.5) is 5.69 Å². The second-order valence-corrected chi connectivity index (χ2v) is 6.77. The van der Waals surface area contributed by atoms with Gasteiger partial charge in [-0.3, -0.25) is 4.79 Å². The molecule has 0 aliphatic carbocycles. The maximum atomic E-state index is 12.0. The minimum Gasteiger partial charge on any atom is -0.451 e. The first kappa shape index (κ1) is 17.8. The molecule has 1 heterocycles. The van der Waals surface area contributed by atoms with E-state index < -0.39 is 11.9 Å². The molecule has 7 heteroatoms. The maximum Gasteiger partial charge on any atom is 0.348 e. The van der Waals surface area contributed by atoms with Gasteiger partial charge in [-0.15, -0.1) is 11.3 Å². The van der Waals surface area contributed by atoms with Crippen molar-refractivity contribution < 1.29 is 14.3 Å². The van der Waals surface area contributed by atoms with Crippen LogP contribution < -0.4 is 5.32 Å². The topological polar surface area (TPSA) is 55.4 Å². The zero-order valence-corrected chi connectivity index (χ0v) is 14.9. The van der Waals surface area contributed by atoms with E-state index in [0.29, 0.717) is 20.6 Å². The normalized spacial score (nSPS) is 10.4. The Kier molecular flexibility index (Phi) is 6.04. The van der Waals surface area contributed by atoms with Gasteiger partial charge in [0.1, 0.15) is 4.88 Å². The number of carbonyl (C=O) groups excluding carboxylic acids is 2. The average molecular weight is 372 g/mol. The molecule has 0 spiro atoms. The van der Waals surface area contributed by atoms with Crippen molar-refractivity contribution in [1.82, 2.24) is 0 Å². The Balaban J connectivity index is 1.90. The second kappa shape index (κ2) is 7.81. The monoisotopic (exact) mass is 371 g/mol. The van der Waals surface area contributed by atoms with E-state index in [1.54, 1.807) is 18.2 Å². The number of esters is 1. The molecule has 0 aliphatic rings. The summed E-state index contributed by atoms with van der Waals surface area (Å²) < 4.78 is 5.03. The van der Waals surface area contributed by atoms with E-state index in [-0.39, 0.29) is 6.61 Å². The lowest BCUT2D eigenvalue weighted by Gasteiger charge is -2.06. The van der Waals surface area contributed by atoms with Gasteiger partial charge in [0.05, 0.1) is 10.0 Å². The third-order valence-electron chi connectivity index (χ3n) is 3.08. The molecule has 2 rings (SSSR count). The van der Waals surface area contributed by atoms with Crippen molar-refractivity contribution in [1.29, 1.82) is 0 Å². The molecule has 0 atom stereocenters. The van der Waals surface area contributed by atoms with Crippen LogP contribution in [-0.4, -0.2) is 18.5 Å². The SMILES string of the molecule is CCc1sc(C(=O)OCC(=O)Nc2ccc(Cl)c(Cl)c2)cc1C. The third-order valence-corrected chi connectivity index (χ3v) is 5.18. The van der Waals surface area contributed by atoms with Gasteiger partial charge < -0.3 is 10.1 Å². The molecule has 1 aromatic carbocycles. The van der Waals surface area contributed by atoms with E-state index in [9.17, 15) is 9.59 Å². The van der Waals surface area contributed by atoms with Crippen molar-refractivity contribution >= 4 is 52.1 Å². The molecule has 0 saturated heterocycles. The van der Waals surface area contributed by atoms with Gasteiger partial charge in [0, 0.05) is 10.6 Å². The predicted molar refractivity (Wildman–Crippen MR) is 93.8 cm³/mol. The fraction of sp³-hybridized carbons (Fsp3) is 0.250. The van der Waals surface area contributed by atoms with E-state index >= 15 is 0 Å². The maximum absolute atomic E-state index is 12.0. The third kappa shape index (κ3) is 4.70. The molecule has 4 nitrogen and oxygen atoms in total. The number of amides is 1. The number of rotatable bonds is 5. The van der Waals surface area contributed by atoms with Gasteiger partial charge in [0.25, 0.3) is 5.91 Å². The Bertz CT molecular complexity index is 743. The molecular weight excluding hydrogens is 357 g/mol. The minimum absolute atomic E-state index is 0.336. The Morgan fingerprint density at radius 2 is 1.96 bits per heavy atom. The molecular formula is C16H15Cl2NO3S. The summed E-state index contributed by atoms with van der Waals surface area (Å²) in [5, 5.41) is 3.32. The van der Waals surface area contributed by atoms with Crippen molar-refractivity contribution in [2.24, 2.45) is 0 Å². The lowest BCUT2D eigenvalue weighted by Crippen LogP contribution is -2.20. The van der Waals surface area contributed by atoms with E-state index in [0.717, 1.165) is 16.9 Å². The quantitative estimate of drug-likeness (QED) is 0.773. The van der Waals surface area contributed by atoms with Crippen molar-refractivity contribution in [2.75, 3.05) is 11.9 Å². The number of thiophene rings is 1. The number of anilines is 1. The highest BCUT2D eigenvalue weighted by Crippen LogP contribution is 2.25. The fourth-order valence-corrected chi connectivity index (χ4v) is 3.25. The Morgan fingerprint density at radius 1 is 1.22 bits per heavy atom. The highest BCUT2D eigenvalue weighted by Gasteiger charge is 2.15. The summed E-state index contributed by atoms with van der Waals surface area (Å²) in [4.78, 5) is 25.4. The molecule has 0 aliphatic heterocycles. The number of halogens is 2. The summed E-state index contributed by atoms with van der Waals surface area (Å²) in [6.07, 6.45) is 0.863. The molecule has 0 bridgehead atoms. The molecule has 1 N–H and O–H groups in total. The van der Waals surface area contributed by atoms with Crippen LogP contribution in [0.5, 0.6) is 0 Å². The number of benzene rings is 1. The summed E-state index contributed by atoms with van der Waals surface area (Å²) in [5.74, 6) is -0.942. The molecule has 0 saturated carbocycles. The van der Waals surface area contributed by atoms with Crippen LogP contribution in [-0.2, 0) is 16.0 Å². The van der Waals surface area contributed by atoms with Crippen LogP contribution in [0.2, 0.25) is 10.0 Å². The minimum atomic E-state index is -0.498. The lowest BCUT2D eigenvalue weighted by molar-refractivity contribution is -0.119. The summed E-state index contributed by atoms with van der Waals surface area (Å²) in [5.41, 5.74) is 1.55. The average Bonchev–Trinajstić information content (AvgIpc) is 2.89. The van der Waals surface area contributed by atoms with E-state index in [1.165, 1.54) is 17.4 Å². The molecule has 23 heavy (non-hydrogen) atoms. The van der Waals surface area contributed by atoms with Gasteiger partial charge in [-0.1, -0.05) is 30.1 Å². The number of ether oxygens (including phenoxy) is 1. The molecule has 0 radical (unpaired) electrons. The highest BCUT2D eigenvalue weighted by molar-refractivity contribution is 7.14. The first-order chi connectivity index (χ1) is 10.9. The first-order valence-corrected chi connectivity index (χ1v) is 8.49.